The van der Waals surface area contributed by atoms with Gasteiger partial charge in [0.2, 0.25) is 0 Å². The first-order valence-corrected chi connectivity index (χ1v) is 8.73. The van der Waals surface area contributed by atoms with Crippen molar-refractivity contribution in [1.82, 2.24) is 19.8 Å². The first-order chi connectivity index (χ1) is 10.1. The maximum atomic E-state index is 12.9. The highest BCUT2D eigenvalue weighted by Gasteiger charge is 2.27. The number of carbonyl (C=O) groups is 1. The molecule has 1 amide bonds. The summed E-state index contributed by atoms with van der Waals surface area (Å²) in [7, 11) is 0. The summed E-state index contributed by atoms with van der Waals surface area (Å²) in [5.41, 5.74) is 0.861. The van der Waals surface area contributed by atoms with E-state index in [1.807, 2.05) is 4.90 Å². The summed E-state index contributed by atoms with van der Waals surface area (Å²) in [5.74, 6) is 0.662. The van der Waals surface area contributed by atoms with Crippen LogP contribution in [0.2, 0.25) is 0 Å². The largest absolute Gasteiger partial charge is 0.335 e. The Balaban J connectivity index is 2.09. The maximum absolute atomic E-state index is 12.9. The molecule has 0 radical (unpaired) electrons. The minimum absolute atomic E-state index is 0.106. The van der Waals surface area contributed by atoms with Gasteiger partial charge in [0.1, 0.15) is 4.88 Å². The lowest BCUT2D eigenvalue weighted by Crippen LogP contribution is -2.44. The second-order valence-corrected chi connectivity index (χ2v) is 6.82. The summed E-state index contributed by atoms with van der Waals surface area (Å²) in [5, 5.41) is 7.55. The molecular weight excluding hydrogens is 284 g/mol. The van der Waals surface area contributed by atoms with Gasteiger partial charge in [0.15, 0.2) is 0 Å². The molecule has 0 saturated carbocycles. The third-order valence-corrected chi connectivity index (χ3v) is 4.73. The van der Waals surface area contributed by atoms with Crippen molar-refractivity contribution in [2.45, 2.75) is 52.5 Å². The van der Waals surface area contributed by atoms with Gasteiger partial charge in [-0.05, 0) is 63.6 Å². The van der Waals surface area contributed by atoms with Crippen molar-refractivity contribution in [3.8, 4) is 0 Å². The molecule has 1 aliphatic heterocycles. The zero-order valence-electron chi connectivity index (χ0n) is 13.3. The van der Waals surface area contributed by atoms with Crippen LogP contribution in [-0.4, -0.2) is 46.1 Å². The van der Waals surface area contributed by atoms with Crippen LogP contribution in [0.5, 0.6) is 0 Å². The van der Waals surface area contributed by atoms with Crippen LogP contribution in [0, 0.1) is 5.92 Å². The van der Waals surface area contributed by atoms with Crippen LogP contribution in [0.15, 0.2) is 0 Å². The second kappa shape index (κ2) is 7.84. The Morgan fingerprint density at radius 3 is 2.95 bits per heavy atom. The molecule has 0 spiro atoms. The number of rotatable bonds is 6. The predicted octanol–water partition coefficient (Wildman–Crippen LogP) is 2.34. The Morgan fingerprint density at radius 2 is 2.33 bits per heavy atom. The van der Waals surface area contributed by atoms with E-state index >= 15 is 0 Å². The predicted molar refractivity (Wildman–Crippen MR) is 85.7 cm³/mol. The maximum Gasteiger partial charge on any atom is 0.267 e. The van der Waals surface area contributed by atoms with Crippen molar-refractivity contribution >= 4 is 17.4 Å². The van der Waals surface area contributed by atoms with Gasteiger partial charge >= 0.3 is 0 Å². The van der Waals surface area contributed by atoms with E-state index in [0.29, 0.717) is 5.92 Å². The van der Waals surface area contributed by atoms with Crippen LogP contribution in [0.25, 0.3) is 0 Å². The molecule has 21 heavy (non-hydrogen) atoms. The third-order valence-electron chi connectivity index (χ3n) is 3.97. The Labute approximate surface area is 131 Å². The Bertz CT molecular complexity index is 454. The van der Waals surface area contributed by atoms with Crippen molar-refractivity contribution in [3.05, 3.63) is 10.6 Å². The van der Waals surface area contributed by atoms with Gasteiger partial charge in [-0.15, -0.1) is 5.10 Å². The van der Waals surface area contributed by atoms with Gasteiger partial charge in [-0.25, -0.2) is 0 Å². The first kappa shape index (κ1) is 16.4. The molecule has 118 valence electrons. The summed E-state index contributed by atoms with van der Waals surface area (Å²) >= 11 is 1.24. The van der Waals surface area contributed by atoms with Crippen molar-refractivity contribution < 1.29 is 4.79 Å². The lowest BCUT2D eigenvalue weighted by Gasteiger charge is -2.32. The van der Waals surface area contributed by atoms with Crippen molar-refractivity contribution in [1.29, 1.82) is 0 Å². The average Bonchev–Trinajstić information content (AvgIpc) is 2.93. The van der Waals surface area contributed by atoms with E-state index in [1.54, 1.807) is 0 Å². The molecule has 1 atom stereocenters. The van der Waals surface area contributed by atoms with Crippen LogP contribution in [0.4, 0.5) is 0 Å². The summed E-state index contributed by atoms with van der Waals surface area (Å²) in [6.45, 7) is 9.21. The van der Waals surface area contributed by atoms with Gasteiger partial charge < -0.3 is 10.2 Å². The molecule has 1 aliphatic rings. The molecule has 1 unspecified atom stereocenters. The Kier molecular flexibility index (Phi) is 6.11. The number of hydrogen-bond donors (Lipinski definition) is 1. The van der Waals surface area contributed by atoms with Crippen molar-refractivity contribution in [3.63, 3.8) is 0 Å². The summed E-state index contributed by atoms with van der Waals surface area (Å²) in [4.78, 5) is 15.6. The van der Waals surface area contributed by atoms with Crippen LogP contribution in [0.3, 0.4) is 0 Å². The van der Waals surface area contributed by atoms with E-state index in [0.717, 1.165) is 43.0 Å². The fourth-order valence-electron chi connectivity index (χ4n) is 2.79. The Morgan fingerprint density at radius 1 is 1.52 bits per heavy atom. The normalized spacial score (nSPS) is 19.0. The number of amides is 1. The highest BCUT2D eigenvalue weighted by molar-refractivity contribution is 7.08. The summed E-state index contributed by atoms with van der Waals surface area (Å²) in [6.07, 6.45) is 4.22. The van der Waals surface area contributed by atoms with Gasteiger partial charge in [0, 0.05) is 12.6 Å². The molecule has 1 aromatic rings. The van der Waals surface area contributed by atoms with Crippen LogP contribution >= 0.6 is 11.5 Å². The third kappa shape index (κ3) is 4.23. The Hall–Kier alpha value is -1.01. The van der Waals surface area contributed by atoms with E-state index < -0.39 is 0 Å². The van der Waals surface area contributed by atoms with Gasteiger partial charge in [0.25, 0.3) is 5.91 Å². The van der Waals surface area contributed by atoms with E-state index in [1.165, 1.54) is 24.4 Å². The molecule has 1 saturated heterocycles. The lowest BCUT2D eigenvalue weighted by molar-refractivity contribution is 0.0664. The van der Waals surface area contributed by atoms with Crippen LogP contribution in [0.1, 0.15) is 55.4 Å². The molecular formula is C15H26N4OS. The monoisotopic (exact) mass is 310 g/mol. The number of nitrogens with zero attached hydrogens (tertiary/aromatic N) is 3. The van der Waals surface area contributed by atoms with E-state index in [9.17, 15) is 4.79 Å². The number of carbonyl (C=O) groups excluding carboxylic acids is 1. The minimum Gasteiger partial charge on any atom is -0.335 e. The van der Waals surface area contributed by atoms with Crippen molar-refractivity contribution in [2.24, 2.45) is 5.92 Å². The molecule has 0 aromatic carbocycles. The van der Waals surface area contributed by atoms with Crippen LogP contribution in [-0.2, 0) is 6.42 Å². The molecule has 1 aromatic heterocycles. The van der Waals surface area contributed by atoms with Gasteiger partial charge in [-0.2, -0.15) is 0 Å². The SMILES string of the molecule is CCCc1nnsc1C(=O)N(CC1CCCNC1)C(C)C. The van der Waals surface area contributed by atoms with E-state index in [-0.39, 0.29) is 11.9 Å². The lowest BCUT2D eigenvalue weighted by atomic mass is 9.98. The molecule has 6 heteroatoms. The fraction of sp³-hybridized carbons (Fsp3) is 0.800. The van der Waals surface area contributed by atoms with Gasteiger partial charge in [0.05, 0.1) is 5.69 Å². The molecule has 1 fully saturated rings. The second-order valence-electron chi connectivity index (χ2n) is 6.06. The quantitative estimate of drug-likeness (QED) is 0.876. The molecule has 1 N–H and O–H groups in total. The van der Waals surface area contributed by atoms with Crippen LogP contribution < -0.4 is 5.32 Å². The molecule has 5 nitrogen and oxygen atoms in total. The minimum atomic E-state index is 0.106. The highest BCUT2D eigenvalue weighted by Crippen LogP contribution is 2.20. The first-order valence-electron chi connectivity index (χ1n) is 7.96. The fourth-order valence-corrected chi connectivity index (χ4v) is 3.45. The summed E-state index contributed by atoms with van der Waals surface area (Å²) < 4.78 is 3.98. The topological polar surface area (TPSA) is 58.1 Å². The molecule has 2 heterocycles. The van der Waals surface area contributed by atoms with E-state index in [4.69, 9.17) is 0 Å². The van der Waals surface area contributed by atoms with Crippen molar-refractivity contribution in [2.75, 3.05) is 19.6 Å². The van der Waals surface area contributed by atoms with Gasteiger partial charge in [-0.3, -0.25) is 4.79 Å². The zero-order chi connectivity index (χ0) is 15.2. The number of hydrogen-bond acceptors (Lipinski definition) is 5. The number of aromatic nitrogens is 2. The number of piperidine rings is 1. The summed E-state index contributed by atoms with van der Waals surface area (Å²) in [6, 6.07) is 0.205. The van der Waals surface area contributed by atoms with Gasteiger partial charge in [-0.1, -0.05) is 17.8 Å². The molecule has 0 bridgehead atoms. The number of aryl methyl sites for hydroxylation is 1. The van der Waals surface area contributed by atoms with E-state index in [2.05, 4.69) is 35.7 Å². The standard InChI is InChI=1S/C15H26N4OS/c1-4-6-13-14(21-18-17-13)15(20)19(11(2)3)10-12-7-5-8-16-9-12/h11-12,16H,4-10H2,1-3H3. The average molecular weight is 310 g/mol. The smallest absolute Gasteiger partial charge is 0.267 e. The molecule has 0 aliphatic carbocycles. The number of nitrogens with one attached hydrogen (secondary N) is 1. The highest BCUT2D eigenvalue weighted by atomic mass is 32.1. The zero-order valence-corrected chi connectivity index (χ0v) is 14.1. The molecule has 2 rings (SSSR count).